The summed E-state index contributed by atoms with van der Waals surface area (Å²) >= 11 is 1.93. The Hall–Kier alpha value is -0.490. The van der Waals surface area contributed by atoms with E-state index in [2.05, 4.69) is 0 Å². The minimum atomic E-state index is -0.266. The van der Waals surface area contributed by atoms with Gasteiger partial charge in [-0.15, -0.1) is 0 Å². The Morgan fingerprint density at radius 1 is 1.47 bits per heavy atom. The molecule has 0 bridgehead atoms. The van der Waals surface area contributed by atoms with E-state index in [-0.39, 0.29) is 17.7 Å². The van der Waals surface area contributed by atoms with Crippen molar-refractivity contribution in [1.29, 1.82) is 0 Å². The topological polar surface area (TPSA) is 26.3 Å². The van der Waals surface area contributed by atoms with Gasteiger partial charge < -0.3 is 4.74 Å². The summed E-state index contributed by atoms with van der Waals surface area (Å²) in [5.41, 5.74) is 0.751. The van der Waals surface area contributed by atoms with Crippen molar-refractivity contribution >= 4 is 28.4 Å². The van der Waals surface area contributed by atoms with Gasteiger partial charge in [-0.25, -0.2) is 4.39 Å². The minimum absolute atomic E-state index is 0.185. The number of benzene rings is 1. The van der Waals surface area contributed by atoms with Crippen molar-refractivity contribution in [1.82, 2.24) is 0 Å². The highest BCUT2D eigenvalue weighted by molar-refractivity contribution is 14.1. The molecule has 2 rings (SSSR count). The number of ether oxygens (including phenoxy) is 1. The van der Waals surface area contributed by atoms with Crippen LogP contribution in [0, 0.1) is 9.39 Å². The van der Waals surface area contributed by atoms with Crippen molar-refractivity contribution in [2.75, 3.05) is 6.61 Å². The largest absolute Gasteiger partial charge is 0.373 e. The SMILES string of the molecule is O=C1CCOC(c2ccc(I)c(F)c2)C1. The number of ketones is 1. The quantitative estimate of drug-likeness (QED) is 0.744. The number of carbonyl (C=O) groups excluding carboxylic acids is 1. The predicted octanol–water partition coefficient (Wildman–Crippen LogP) is 2.85. The van der Waals surface area contributed by atoms with Crippen LogP contribution in [-0.4, -0.2) is 12.4 Å². The number of Topliss-reactive ketones (excluding diaryl/α,β-unsaturated/α-hetero) is 1. The first-order chi connectivity index (χ1) is 7.16. The lowest BCUT2D eigenvalue weighted by Gasteiger charge is -2.22. The van der Waals surface area contributed by atoms with Gasteiger partial charge in [0.25, 0.3) is 0 Å². The highest BCUT2D eigenvalue weighted by Gasteiger charge is 2.22. The van der Waals surface area contributed by atoms with Gasteiger partial charge >= 0.3 is 0 Å². The van der Waals surface area contributed by atoms with Gasteiger partial charge in [-0.05, 0) is 40.3 Å². The highest BCUT2D eigenvalue weighted by atomic mass is 127. The predicted molar refractivity (Wildman–Crippen MR) is 62.1 cm³/mol. The molecule has 1 aromatic rings. The maximum Gasteiger partial charge on any atom is 0.138 e. The number of rotatable bonds is 1. The maximum atomic E-state index is 13.3. The van der Waals surface area contributed by atoms with Gasteiger partial charge in [0.1, 0.15) is 11.6 Å². The number of hydrogen-bond donors (Lipinski definition) is 0. The molecule has 0 saturated carbocycles. The van der Waals surface area contributed by atoms with Crippen LogP contribution in [0.15, 0.2) is 18.2 Å². The van der Waals surface area contributed by atoms with E-state index in [9.17, 15) is 9.18 Å². The summed E-state index contributed by atoms with van der Waals surface area (Å²) in [5.74, 6) is -0.0695. The Morgan fingerprint density at radius 2 is 2.27 bits per heavy atom. The Morgan fingerprint density at radius 3 is 2.93 bits per heavy atom. The zero-order valence-corrected chi connectivity index (χ0v) is 10.2. The third kappa shape index (κ3) is 2.55. The fourth-order valence-corrected chi connectivity index (χ4v) is 1.95. The van der Waals surface area contributed by atoms with Crippen molar-refractivity contribution in [2.45, 2.75) is 18.9 Å². The van der Waals surface area contributed by atoms with Crippen molar-refractivity contribution in [3.63, 3.8) is 0 Å². The fraction of sp³-hybridized carbons (Fsp3) is 0.364. The molecular weight excluding hydrogens is 310 g/mol. The summed E-state index contributed by atoms with van der Waals surface area (Å²) in [6.07, 6.45) is 0.571. The summed E-state index contributed by atoms with van der Waals surface area (Å²) in [6.45, 7) is 0.442. The van der Waals surface area contributed by atoms with Crippen LogP contribution < -0.4 is 0 Å². The van der Waals surface area contributed by atoms with Gasteiger partial charge in [-0.3, -0.25) is 4.79 Å². The Balaban J connectivity index is 2.21. The molecule has 80 valence electrons. The molecule has 4 heteroatoms. The fourth-order valence-electron chi connectivity index (χ4n) is 1.61. The van der Waals surface area contributed by atoms with Crippen LogP contribution in [-0.2, 0) is 9.53 Å². The standard InChI is InChI=1S/C11H10FIO2/c12-9-5-7(1-2-10(9)13)11-6-8(14)3-4-15-11/h1-2,5,11H,3-4,6H2. The van der Waals surface area contributed by atoms with E-state index in [0.29, 0.717) is 23.0 Å². The van der Waals surface area contributed by atoms with Gasteiger partial charge in [-0.1, -0.05) is 6.07 Å². The molecular formula is C11H10FIO2. The summed E-state index contributed by atoms with van der Waals surface area (Å²) in [4.78, 5) is 11.2. The van der Waals surface area contributed by atoms with E-state index >= 15 is 0 Å². The smallest absolute Gasteiger partial charge is 0.138 e. The first kappa shape index (κ1) is 11.0. The van der Waals surface area contributed by atoms with Gasteiger partial charge in [0, 0.05) is 16.4 Å². The second-order valence-corrected chi connectivity index (χ2v) is 4.69. The average molecular weight is 320 g/mol. The lowest BCUT2D eigenvalue weighted by molar-refractivity contribution is -0.128. The van der Waals surface area contributed by atoms with E-state index in [1.807, 2.05) is 28.7 Å². The van der Waals surface area contributed by atoms with Crippen LogP contribution in [0.4, 0.5) is 4.39 Å². The van der Waals surface area contributed by atoms with E-state index in [1.165, 1.54) is 6.07 Å². The summed E-state index contributed by atoms with van der Waals surface area (Å²) in [6, 6.07) is 4.97. The molecule has 1 aromatic carbocycles. The molecule has 1 aliphatic heterocycles. The highest BCUT2D eigenvalue weighted by Crippen LogP contribution is 2.27. The van der Waals surface area contributed by atoms with E-state index < -0.39 is 0 Å². The zero-order chi connectivity index (χ0) is 10.8. The van der Waals surface area contributed by atoms with E-state index in [1.54, 1.807) is 6.07 Å². The number of halogens is 2. The summed E-state index contributed by atoms with van der Waals surface area (Å²) < 4.78 is 19.3. The third-order valence-electron chi connectivity index (χ3n) is 2.43. The molecule has 1 heterocycles. The van der Waals surface area contributed by atoms with E-state index in [0.717, 1.165) is 5.56 Å². The van der Waals surface area contributed by atoms with Crippen LogP contribution in [0.1, 0.15) is 24.5 Å². The molecule has 15 heavy (non-hydrogen) atoms. The first-order valence-corrected chi connectivity index (χ1v) is 5.83. The molecule has 1 saturated heterocycles. The molecule has 1 atom stereocenters. The monoisotopic (exact) mass is 320 g/mol. The molecule has 0 N–H and O–H groups in total. The molecule has 1 fully saturated rings. The van der Waals surface area contributed by atoms with Gasteiger partial charge in [0.05, 0.1) is 12.7 Å². The summed E-state index contributed by atoms with van der Waals surface area (Å²) in [5, 5.41) is 0. The van der Waals surface area contributed by atoms with Crippen LogP contribution in [0.2, 0.25) is 0 Å². The molecule has 2 nitrogen and oxygen atoms in total. The molecule has 0 radical (unpaired) electrons. The van der Waals surface area contributed by atoms with E-state index in [4.69, 9.17) is 4.74 Å². The zero-order valence-electron chi connectivity index (χ0n) is 8.00. The molecule has 0 amide bonds. The number of carbonyl (C=O) groups is 1. The Bertz CT molecular complexity index is 392. The van der Waals surface area contributed by atoms with Crippen LogP contribution in [0.5, 0.6) is 0 Å². The molecule has 0 spiro atoms. The molecule has 0 aromatic heterocycles. The lowest BCUT2D eigenvalue weighted by Crippen LogP contribution is -2.19. The van der Waals surface area contributed by atoms with Gasteiger partial charge in [0.2, 0.25) is 0 Å². The lowest BCUT2D eigenvalue weighted by atomic mass is 10.0. The maximum absolute atomic E-state index is 13.3. The molecule has 1 unspecified atom stereocenters. The van der Waals surface area contributed by atoms with Crippen molar-refractivity contribution < 1.29 is 13.9 Å². The van der Waals surface area contributed by atoms with Crippen molar-refractivity contribution in [3.8, 4) is 0 Å². The number of hydrogen-bond acceptors (Lipinski definition) is 2. The normalized spacial score (nSPS) is 21.7. The Kier molecular flexibility index (Phi) is 3.35. The average Bonchev–Trinajstić information content (AvgIpc) is 2.22. The summed E-state index contributed by atoms with van der Waals surface area (Å²) in [7, 11) is 0. The van der Waals surface area contributed by atoms with Crippen molar-refractivity contribution in [3.05, 3.63) is 33.1 Å². The second-order valence-electron chi connectivity index (χ2n) is 3.53. The first-order valence-electron chi connectivity index (χ1n) is 4.75. The van der Waals surface area contributed by atoms with Gasteiger partial charge in [-0.2, -0.15) is 0 Å². The van der Waals surface area contributed by atoms with Gasteiger partial charge in [0.15, 0.2) is 0 Å². The van der Waals surface area contributed by atoms with Crippen molar-refractivity contribution in [2.24, 2.45) is 0 Å². The van der Waals surface area contributed by atoms with Crippen LogP contribution in [0.3, 0.4) is 0 Å². The molecule has 1 aliphatic rings. The second kappa shape index (κ2) is 4.57. The van der Waals surface area contributed by atoms with Crippen LogP contribution >= 0.6 is 22.6 Å². The van der Waals surface area contributed by atoms with Crippen LogP contribution in [0.25, 0.3) is 0 Å². The molecule has 0 aliphatic carbocycles. The Labute approximate surface area is 101 Å². The third-order valence-corrected chi connectivity index (χ3v) is 3.30. The minimum Gasteiger partial charge on any atom is -0.373 e.